The Morgan fingerprint density at radius 3 is 2.48 bits per heavy atom. The second kappa shape index (κ2) is 8.08. The van der Waals surface area contributed by atoms with E-state index in [1.165, 1.54) is 11.3 Å². The SMILES string of the molecule is CCn1c(=NC(=O)Cc2ccc(S(=O)(=O)CC)cc2)sc2cccc(Br)c21. The van der Waals surface area contributed by atoms with Crippen molar-refractivity contribution in [3.8, 4) is 0 Å². The van der Waals surface area contributed by atoms with Gasteiger partial charge in [-0.15, -0.1) is 0 Å². The molecule has 0 bridgehead atoms. The minimum atomic E-state index is -3.23. The molecule has 3 rings (SSSR count). The van der Waals surface area contributed by atoms with Crippen molar-refractivity contribution in [3.63, 3.8) is 0 Å². The van der Waals surface area contributed by atoms with Crippen LogP contribution in [0.25, 0.3) is 10.2 Å². The van der Waals surface area contributed by atoms with E-state index in [-0.39, 0.29) is 23.0 Å². The maximum Gasteiger partial charge on any atom is 0.252 e. The second-order valence-corrected chi connectivity index (χ2v) is 10.1. The molecule has 0 fully saturated rings. The van der Waals surface area contributed by atoms with Crippen LogP contribution in [0.4, 0.5) is 0 Å². The Morgan fingerprint density at radius 2 is 1.85 bits per heavy atom. The lowest BCUT2D eigenvalue weighted by atomic mass is 10.1. The summed E-state index contributed by atoms with van der Waals surface area (Å²) >= 11 is 5.04. The maximum atomic E-state index is 12.4. The minimum absolute atomic E-state index is 0.0547. The summed E-state index contributed by atoms with van der Waals surface area (Å²) in [5.74, 6) is -0.204. The molecule has 8 heteroatoms. The number of fused-ring (bicyclic) bond motifs is 1. The van der Waals surface area contributed by atoms with Crippen molar-refractivity contribution in [1.29, 1.82) is 0 Å². The predicted octanol–water partition coefficient (Wildman–Crippen LogP) is 3.95. The molecule has 5 nitrogen and oxygen atoms in total. The summed E-state index contributed by atoms with van der Waals surface area (Å²) in [5, 5.41) is 0. The summed E-state index contributed by atoms with van der Waals surface area (Å²) in [6, 6.07) is 12.4. The lowest BCUT2D eigenvalue weighted by Crippen LogP contribution is -2.16. The van der Waals surface area contributed by atoms with Crippen LogP contribution in [0.3, 0.4) is 0 Å². The number of sulfone groups is 1. The summed E-state index contributed by atoms with van der Waals surface area (Å²) in [6.45, 7) is 4.33. The molecule has 0 aliphatic heterocycles. The van der Waals surface area contributed by atoms with Gasteiger partial charge in [0.2, 0.25) is 0 Å². The van der Waals surface area contributed by atoms with Gasteiger partial charge in [0.1, 0.15) is 0 Å². The van der Waals surface area contributed by atoms with Crippen molar-refractivity contribution in [2.45, 2.75) is 31.7 Å². The third-order valence-corrected chi connectivity index (χ3v) is 7.64. The van der Waals surface area contributed by atoms with Crippen molar-refractivity contribution in [3.05, 3.63) is 57.3 Å². The van der Waals surface area contributed by atoms with Gasteiger partial charge in [-0.1, -0.05) is 36.5 Å². The maximum absolute atomic E-state index is 12.4. The van der Waals surface area contributed by atoms with Crippen molar-refractivity contribution in [2.24, 2.45) is 4.99 Å². The van der Waals surface area contributed by atoms with Crippen molar-refractivity contribution < 1.29 is 13.2 Å². The molecule has 1 aromatic heterocycles. The summed E-state index contributed by atoms with van der Waals surface area (Å²) in [7, 11) is -3.23. The Balaban J connectivity index is 1.90. The van der Waals surface area contributed by atoms with Gasteiger partial charge in [-0.05, 0) is 52.7 Å². The van der Waals surface area contributed by atoms with Crippen LogP contribution in [0.1, 0.15) is 19.4 Å². The molecule has 2 aromatic carbocycles. The van der Waals surface area contributed by atoms with Gasteiger partial charge >= 0.3 is 0 Å². The van der Waals surface area contributed by atoms with Gasteiger partial charge in [0, 0.05) is 11.0 Å². The summed E-state index contributed by atoms with van der Waals surface area (Å²) in [6.07, 6.45) is 0.131. The van der Waals surface area contributed by atoms with Crippen LogP contribution in [-0.4, -0.2) is 24.6 Å². The zero-order valence-corrected chi connectivity index (χ0v) is 18.2. The Morgan fingerprint density at radius 1 is 1.15 bits per heavy atom. The largest absolute Gasteiger partial charge is 0.316 e. The van der Waals surface area contributed by atoms with E-state index in [0.29, 0.717) is 11.3 Å². The van der Waals surface area contributed by atoms with Crippen molar-refractivity contribution in [1.82, 2.24) is 4.57 Å². The normalized spacial score (nSPS) is 12.6. The molecular formula is C19H19BrN2O3S2. The highest BCUT2D eigenvalue weighted by Crippen LogP contribution is 2.25. The first-order valence-corrected chi connectivity index (χ1v) is 11.8. The number of amides is 1. The molecule has 0 unspecified atom stereocenters. The van der Waals surface area contributed by atoms with E-state index in [0.717, 1.165) is 20.3 Å². The first-order valence-electron chi connectivity index (χ1n) is 8.52. The molecule has 0 N–H and O–H groups in total. The van der Waals surface area contributed by atoms with E-state index in [1.807, 2.05) is 29.7 Å². The number of para-hydroxylation sites is 1. The first-order chi connectivity index (χ1) is 12.9. The number of hydrogen-bond donors (Lipinski definition) is 0. The molecule has 0 radical (unpaired) electrons. The van der Waals surface area contributed by atoms with Gasteiger partial charge in [0.25, 0.3) is 5.91 Å². The Hall–Kier alpha value is -1.77. The van der Waals surface area contributed by atoms with E-state index in [2.05, 4.69) is 20.9 Å². The number of hydrogen-bond acceptors (Lipinski definition) is 4. The van der Waals surface area contributed by atoms with Gasteiger partial charge in [-0.3, -0.25) is 4.79 Å². The molecule has 3 aromatic rings. The molecule has 1 heterocycles. The average molecular weight is 467 g/mol. The second-order valence-electron chi connectivity index (χ2n) is 5.95. The monoisotopic (exact) mass is 466 g/mol. The number of thiazole rings is 1. The third-order valence-electron chi connectivity index (χ3n) is 4.21. The quantitative estimate of drug-likeness (QED) is 0.571. The summed E-state index contributed by atoms with van der Waals surface area (Å²) < 4.78 is 27.8. The van der Waals surface area contributed by atoms with E-state index < -0.39 is 9.84 Å². The number of carbonyl (C=O) groups is 1. The highest BCUT2D eigenvalue weighted by atomic mass is 79.9. The smallest absolute Gasteiger partial charge is 0.252 e. The van der Waals surface area contributed by atoms with Crippen LogP contribution in [0.15, 0.2) is 56.8 Å². The number of benzene rings is 2. The van der Waals surface area contributed by atoms with Crippen molar-refractivity contribution in [2.75, 3.05) is 5.75 Å². The fraction of sp³-hybridized carbons (Fsp3) is 0.263. The zero-order chi connectivity index (χ0) is 19.6. The van der Waals surface area contributed by atoms with E-state index in [1.54, 1.807) is 31.2 Å². The minimum Gasteiger partial charge on any atom is -0.316 e. The number of nitrogens with zero attached hydrogens (tertiary/aromatic N) is 2. The first kappa shape index (κ1) is 20.0. The van der Waals surface area contributed by atoms with Crippen LogP contribution in [0, 0.1) is 0 Å². The molecule has 1 amide bonds. The predicted molar refractivity (Wildman–Crippen MR) is 112 cm³/mol. The van der Waals surface area contributed by atoms with Crippen molar-refractivity contribution >= 4 is 53.2 Å². The Labute approximate surface area is 170 Å². The lowest BCUT2D eigenvalue weighted by Gasteiger charge is -2.03. The van der Waals surface area contributed by atoms with Crippen LogP contribution < -0.4 is 4.80 Å². The zero-order valence-electron chi connectivity index (χ0n) is 15.0. The molecule has 142 valence electrons. The number of aryl methyl sites for hydroxylation is 1. The average Bonchev–Trinajstić information content (AvgIpc) is 3.00. The highest BCUT2D eigenvalue weighted by molar-refractivity contribution is 9.10. The standard InChI is InChI=1S/C19H19BrN2O3S2/c1-3-22-18-15(20)6-5-7-16(18)26-19(22)21-17(23)12-13-8-10-14(11-9-13)27(24,25)4-2/h5-11H,3-4,12H2,1-2H3. The number of rotatable bonds is 5. The van der Waals surface area contributed by atoms with Gasteiger partial charge in [-0.25, -0.2) is 8.42 Å². The van der Waals surface area contributed by atoms with Crippen LogP contribution in [-0.2, 0) is 27.6 Å². The fourth-order valence-electron chi connectivity index (χ4n) is 2.77. The third kappa shape index (κ3) is 4.23. The molecule has 0 aliphatic rings. The molecular weight excluding hydrogens is 448 g/mol. The van der Waals surface area contributed by atoms with Crippen LogP contribution in [0.2, 0.25) is 0 Å². The van der Waals surface area contributed by atoms with Gasteiger partial charge in [-0.2, -0.15) is 4.99 Å². The number of carbonyl (C=O) groups excluding carboxylic acids is 1. The van der Waals surface area contributed by atoms with Gasteiger partial charge in [0.05, 0.1) is 27.3 Å². The summed E-state index contributed by atoms with van der Waals surface area (Å²) in [4.78, 5) is 17.7. The molecule has 0 saturated carbocycles. The molecule has 27 heavy (non-hydrogen) atoms. The lowest BCUT2D eigenvalue weighted by molar-refractivity contribution is -0.117. The molecule has 0 spiro atoms. The fourth-order valence-corrected chi connectivity index (χ4v) is 5.50. The summed E-state index contributed by atoms with van der Waals surface area (Å²) in [5.41, 5.74) is 1.77. The van der Waals surface area contributed by atoms with E-state index in [4.69, 9.17) is 0 Å². The van der Waals surface area contributed by atoms with Gasteiger partial charge < -0.3 is 4.57 Å². The molecule has 0 atom stereocenters. The number of halogens is 1. The topological polar surface area (TPSA) is 68.5 Å². The van der Waals surface area contributed by atoms with Crippen LogP contribution >= 0.6 is 27.3 Å². The molecule has 0 aliphatic carbocycles. The Bertz CT molecular complexity index is 1160. The molecule has 0 saturated heterocycles. The Kier molecular flexibility index (Phi) is 5.98. The van der Waals surface area contributed by atoms with Gasteiger partial charge in [0.15, 0.2) is 14.6 Å². The van der Waals surface area contributed by atoms with E-state index in [9.17, 15) is 13.2 Å². The van der Waals surface area contributed by atoms with E-state index >= 15 is 0 Å². The highest BCUT2D eigenvalue weighted by Gasteiger charge is 2.12. The number of aromatic nitrogens is 1. The van der Waals surface area contributed by atoms with Crippen LogP contribution in [0.5, 0.6) is 0 Å².